The molecule has 0 atom stereocenters. The maximum Gasteiger partial charge on any atom is 0.341 e. The molecule has 0 spiro atoms. The van der Waals surface area contributed by atoms with Crippen LogP contribution >= 0.6 is 0 Å². The zero-order valence-corrected chi connectivity index (χ0v) is 12.4. The van der Waals surface area contributed by atoms with Gasteiger partial charge in [0.25, 0.3) is 5.91 Å². The highest BCUT2D eigenvalue weighted by Crippen LogP contribution is 2.23. The molecule has 1 aliphatic rings. The van der Waals surface area contributed by atoms with E-state index in [9.17, 15) is 9.59 Å². The molecule has 0 unspecified atom stereocenters. The monoisotopic (exact) mass is 308 g/mol. The molecule has 22 heavy (non-hydrogen) atoms. The van der Waals surface area contributed by atoms with E-state index >= 15 is 0 Å². The highest BCUT2D eigenvalue weighted by Gasteiger charge is 2.17. The van der Waals surface area contributed by atoms with Crippen molar-refractivity contribution in [2.75, 3.05) is 26.8 Å². The van der Waals surface area contributed by atoms with Gasteiger partial charge >= 0.3 is 5.97 Å². The predicted octanol–water partition coefficient (Wildman–Crippen LogP) is 0.640. The van der Waals surface area contributed by atoms with Crippen LogP contribution in [-0.4, -0.2) is 49.8 Å². The molecule has 1 aromatic rings. The molecule has 0 bridgehead atoms. The second-order valence-corrected chi connectivity index (χ2v) is 5.08. The number of carbonyl (C=O) groups is 2. The van der Waals surface area contributed by atoms with E-state index in [-0.39, 0.29) is 17.7 Å². The smallest absolute Gasteiger partial charge is 0.341 e. The van der Waals surface area contributed by atoms with Gasteiger partial charge in [0.1, 0.15) is 11.5 Å². The lowest BCUT2D eigenvalue weighted by Gasteiger charge is -2.23. The fourth-order valence-corrected chi connectivity index (χ4v) is 2.28. The Labute approximate surface area is 128 Å². The van der Waals surface area contributed by atoms with Crippen molar-refractivity contribution >= 4 is 11.9 Å². The van der Waals surface area contributed by atoms with Gasteiger partial charge in [0.2, 0.25) is 0 Å². The lowest BCUT2D eigenvalue weighted by molar-refractivity contribution is -0.139. The van der Waals surface area contributed by atoms with Crippen molar-refractivity contribution in [2.24, 2.45) is 0 Å². The van der Waals surface area contributed by atoms with E-state index in [0.29, 0.717) is 11.3 Å². The van der Waals surface area contributed by atoms with Crippen LogP contribution in [0.15, 0.2) is 18.2 Å². The molecule has 0 aliphatic carbocycles. The largest absolute Gasteiger partial charge is 0.497 e. The van der Waals surface area contributed by atoms with Crippen LogP contribution in [0.2, 0.25) is 0 Å². The third kappa shape index (κ3) is 4.63. The Kier molecular flexibility index (Phi) is 5.60. The van der Waals surface area contributed by atoms with Crippen LogP contribution < -0.4 is 20.1 Å². The number of rotatable bonds is 6. The van der Waals surface area contributed by atoms with Crippen LogP contribution in [0.3, 0.4) is 0 Å². The van der Waals surface area contributed by atoms with Crippen LogP contribution in [-0.2, 0) is 4.79 Å². The maximum absolute atomic E-state index is 12.3. The van der Waals surface area contributed by atoms with E-state index in [2.05, 4.69) is 10.6 Å². The number of carbonyl (C=O) groups excluding carboxylic acids is 1. The van der Waals surface area contributed by atoms with E-state index in [0.717, 1.165) is 25.9 Å². The van der Waals surface area contributed by atoms with Gasteiger partial charge in [0.05, 0.1) is 7.11 Å². The molecule has 1 aliphatic heterocycles. The fraction of sp³-hybridized carbons (Fsp3) is 0.467. The summed E-state index contributed by atoms with van der Waals surface area (Å²) in [6.07, 6.45) is 1.77. The lowest BCUT2D eigenvalue weighted by Crippen LogP contribution is -2.42. The molecule has 1 amide bonds. The fourth-order valence-electron chi connectivity index (χ4n) is 2.28. The molecule has 3 N–H and O–H groups in total. The van der Waals surface area contributed by atoms with Gasteiger partial charge in [0, 0.05) is 17.7 Å². The number of piperidine rings is 1. The molecule has 7 nitrogen and oxygen atoms in total. The minimum absolute atomic E-state index is 0.142. The summed E-state index contributed by atoms with van der Waals surface area (Å²) in [4.78, 5) is 22.9. The maximum atomic E-state index is 12.3. The number of aliphatic carboxylic acids is 1. The first-order valence-corrected chi connectivity index (χ1v) is 7.13. The molecule has 1 saturated heterocycles. The highest BCUT2D eigenvalue weighted by molar-refractivity contribution is 5.95. The van der Waals surface area contributed by atoms with Crippen LogP contribution in [0.4, 0.5) is 0 Å². The summed E-state index contributed by atoms with van der Waals surface area (Å²) in [6.45, 7) is 1.30. The van der Waals surface area contributed by atoms with E-state index in [1.165, 1.54) is 13.2 Å². The summed E-state index contributed by atoms with van der Waals surface area (Å²) < 4.78 is 10.2. The topological polar surface area (TPSA) is 96.9 Å². The molecule has 2 rings (SSSR count). The summed E-state index contributed by atoms with van der Waals surface area (Å²) >= 11 is 0. The van der Waals surface area contributed by atoms with Crippen LogP contribution in [0.25, 0.3) is 0 Å². The van der Waals surface area contributed by atoms with E-state index < -0.39 is 12.6 Å². The first-order valence-electron chi connectivity index (χ1n) is 7.13. The number of amides is 1. The van der Waals surface area contributed by atoms with Crippen LogP contribution in [0.5, 0.6) is 11.5 Å². The molecule has 0 radical (unpaired) electrons. The van der Waals surface area contributed by atoms with Gasteiger partial charge in [-0.1, -0.05) is 0 Å². The number of carboxylic acids is 1. The van der Waals surface area contributed by atoms with Gasteiger partial charge in [-0.3, -0.25) is 4.79 Å². The summed E-state index contributed by atoms with van der Waals surface area (Å²) in [5.74, 6) is -0.565. The minimum Gasteiger partial charge on any atom is -0.497 e. The molecule has 1 fully saturated rings. The van der Waals surface area contributed by atoms with Crippen molar-refractivity contribution in [1.29, 1.82) is 0 Å². The number of hydrogen-bond donors (Lipinski definition) is 3. The molecule has 7 heteroatoms. The number of benzene rings is 1. The zero-order chi connectivity index (χ0) is 15.9. The highest BCUT2D eigenvalue weighted by atomic mass is 16.5. The number of methoxy groups -OCH3 is 1. The first-order chi connectivity index (χ1) is 10.6. The Morgan fingerprint density at radius 1 is 1.27 bits per heavy atom. The third-order valence-electron chi connectivity index (χ3n) is 3.41. The average Bonchev–Trinajstić information content (AvgIpc) is 2.53. The summed E-state index contributed by atoms with van der Waals surface area (Å²) in [6, 6.07) is 4.80. The molecule has 0 saturated carbocycles. The summed E-state index contributed by atoms with van der Waals surface area (Å²) in [7, 11) is 1.48. The van der Waals surface area contributed by atoms with Crippen molar-refractivity contribution < 1.29 is 24.2 Å². The Bertz CT molecular complexity index is 541. The second kappa shape index (κ2) is 7.65. The SMILES string of the molecule is COc1cc(OCC(=O)O)cc(C(=O)NC2CCNCC2)c1. The average molecular weight is 308 g/mol. The van der Waals surface area contributed by atoms with Crippen molar-refractivity contribution in [3.63, 3.8) is 0 Å². The number of hydrogen-bond acceptors (Lipinski definition) is 5. The zero-order valence-electron chi connectivity index (χ0n) is 12.4. The van der Waals surface area contributed by atoms with Crippen molar-refractivity contribution in [2.45, 2.75) is 18.9 Å². The third-order valence-corrected chi connectivity index (χ3v) is 3.41. The van der Waals surface area contributed by atoms with Gasteiger partial charge in [-0.25, -0.2) is 4.79 Å². The van der Waals surface area contributed by atoms with Gasteiger partial charge < -0.3 is 25.2 Å². The van der Waals surface area contributed by atoms with Gasteiger partial charge in [-0.05, 0) is 38.1 Å². The Hall–Kier alpha value is -2.28. The summed E-state index contributed by atoms with van der Waals surface area (Å²) in [5.41, 5.74) is 0.387. The van der Waals surface area contributed by atoms with E-state index in [4.69, 9.17) is 14.6 Å². The quantitative estimate of drug-likeness (QED) is 0.713. The molecule has 1 heterocycles. The molecule has 0 aromatic heterocycles. The molecule has 120 valence electrons. The molecular weight excluding hydrogens is 288 g/mol. The molecule has 1 aromatic carbocycles. The van der Waals surface area contributed by atoms with E-state index in [1.807, 2.05) is 0 Å². The van der Waals surface area contributed by atoms with Crippen molar-refractivity contribution in [1.82, 2.24) is 10.6 Å². The first kappa shape index (κ1) is 16.1. The summed E-state index contributed by atoms with van der Waals surface area (Å²) in [5, 5.41) is 14.9. The minimum atomic E-state index is -1.08. The van der Waals surface area contributed by atoms with Gasteiger partial charge in [0.15, 0.2) is 6.61 Å². The van der Waals surface area contributed by atoms with Crippen LogP contribution in [0.1, 0.15) is 23.2 Å². The Morgan fingerprint density at radius 3 is 2.59 bits per heavy atom. The van der Waals surface area contributed by atoms with Crippen LogP contribution in [0, 0.1) is 0 Å². The predicted molar refractivity (Wildman–Crippen MR) is 79.5 cm³/mol. The second-order valence-electron chi connectivity index (χ2n) is 5.08. The van der Waals surface area contributed by atoms with E-state index in [1.54, 1.807) is 12.1 Å². The Balaban J connectivity index is 2.08. The number of ether oxygens (including phenoxy) is 2. The standard InChI is InChI=1S/C15H20N2O5/c1-21-12-6-10(7-13(8-12)22-9-14(18)19)15(20)17-11-2-4-16-5-3-11/h6-8,11,16H,2-5,9H2,1H3,(H,17,20)(H,18,19). The van der Waals surface area contributed by atoms with Gasteiger partial charge in [-0.15, -0.1) is 0 Å². The lowest BCUT2D eigenvalue weighted by atomic mass is 10.1. The normalized spacial score (nSPS) is 15.1. The van der Waals surface area contributed by atoms with Crippen molar-refractivity contribution in [3.8, 4) is 11.5 Å². The van der Waals surface area contributed by atoms with Gasteiger partial charge in [-0.2, -0.15) is 0 Å². The number of nitrogens with one attached hydrogen (secondary N) is 2. The number of carboxylic acid groups (broad SMARTS) is 1. The molecular formula is C15H20N2O5. The Morgan fingerprint density at radius 2 is 1.95 bits per heavy atom. The van der Waals surface area contributed by atoms with Crippen molar-refractivity contribution in [3.05, 3.63) is 23.8 Å².